The van der Waals surface area contributed by atoms with E-state index in [1.807, 2.05) is 98.5 Å². The van der Waals surface area contributed by atoms with Crippen LogP contribution in [0, 0.1) is 0 Å². The minimum atomic E-state index is -0.940. The van der Waals surface area contributed by atoms with Gasteiger partial charge in [-0.25, -0.2) is 4.79 Å². The van der Waals surface area contributed by atoms with Gasteiger partial charge in [0.25, 0.3) is 5.91 Å². The summed E-state index contributed by atoms with van der Waals surface area (Å²) in [6.07, 6.45) is 0.616. The second-order valence-corrected chi connectivity index (χ2v) is 8.11. The lowest BCUT2D eigenvalue weighted by Gasteiger charge is -2.35. The van der Waals surface area contributed by atoms with Crippen LogP contribution in [0.4, 0.5) is 0 Å². The predicted molar refractivity (Wildman–Crippen MR) is 124 cm³/mol. The third-order valence-electron chi connectivity index (χ3n) is 5.63. The number of hydrogen-bond acceptors (Lipinski definition) is 2. The minimum Gasteiger partial charge on any atom is -0.478 e. The number of benzene rings is 3. The Morgan fingerprint density at radius 1 is 0.806 bits per heavy atom. The molecular formula is C27H29NO3. The van der Waals surface area contributed by atoms with Crippen molar-refractivity contribution in [2.75, 3.05) is 0 Å². The maximum atomic E-state index is 13.3. The molecule has 0 bridgehead atoms. The summed E-state index contributed by atoms with van der Waals surface area (Å²) in [7, 11) is 0. The predicted octanol–water partition coefficient (Wildman–Crippen LogP) is 5.85. The molecule has 160 valence electrons. The van der Waals surface area contributed by atoms with Gasteiger partial charge in [0.15, 0.2) is 0 Å². The van der Waals surface area contributed by atoms with Crippen molar-refractivity contribution in [1.29, 1.82) is 0 Å². The lowest BCUT2D eigenvalue weighted by Crippen LogP contribution is -2.44. The number of carboxylic acids is 1. The molecule has 0 saturated heterocycles. The number of carbonyl (C=O) groups excluding carboxylic acids is 1. The van der Waals surface area contributed by atoms with Gasteiger partial charge in [-0.3, -0.25) is 4.79 Å². The number of carbonyl (C=O) groups is 2. The van der Waals surface area contributed by atoms with Gasteiger partial charge in [-0.1, -0.05) is 66.7 Å². The van der Waals surface area contributed by atoms with Crippen molar-refractivity contribution >= 4 is 11.9 Å². The van der Waals surface area contributed by atoms with Crippen molar-refractivity contribution < 1.29 is 14.7 Å². The molecule has 3 aromatic carbocycles. The molecule has 2 unspecified atom stereocenters. The van der Waals surface area contributed by atoms with Crippen molar-refractivity contribution in [1.82, 2.24) is 4.90 Å². The second-order valence-electron chi connectivity index (χ2n) is 8.11. The van der Waals surface area contributed by atoms with E-state index in [1.54, 1.807) is 12.1 Å². The van der Waals surface area contributed by atoms with Crippen LogP contribution in [-0.2, 0) is 0 Å². The Bertz CT molecular complexity index is 1010. The zero-order valence-corrected chi connectivity index (χ0v) is 18.2. The summed E-state index contributed by atoms with van der Waals surface area (Å²) in [4.78, 5) is 27.1. The molecule has 0 aliphatic heterocycles. The van der Waals surface area contributed by atoms with E-state index >= 15 is 0 Å². The van der Waals surface area contributed by atoms with E-state index in [-0.39, 0.29) is 23.9 Å². The van der Waals surface area contributed by atoms with Crippen LogP contribution in [0.2, 0.25) is 0 Å². The fourth-order valence-electron chi connectivity index (χ4n) is 4.25. The molecule has 4 heteroatoms. The first-order valence-corrected chi connectivity index (χ1v) is 10.6. The Morgan fingerprint density at radius 3 is 1.94 bits per heavy atom. The van der Waals surface area contributed by atoms with Crippen LogP contribution in [-0.4, -0.2) is 34.0 Å². The maximum Gasteiger partial charge on any atom is 0.335 e. The molecule has 0 aromatic heterocycles. The summed E-state index contributed by atoms with van der Waals surface area (Å²) in [6, 6.07) is 26.3. The van der Waals surface area contributed by atoms with Gasteiger partial charge in [0.2, 0.25) is 0 Å². The van der Waals surface area contributed by atoms with Crippen molar-refractivity contribution in [3.63, 3.8) is 0 Å². The molecule has 3 rings (SSSR count). The Labute approximate surface area is 184 Å². The molecule has 0 spiro atoms. The lowest BCUT2D eigenvalue weighted by molar-refractivity contribution is 0.0608. The van der Waals surface area contributed by atoms with Gasteiger partial charge in [-0.05, 0) is 56.5 Å². The van der Waals surface area contributed by atoms with Crippen molar-refractivity contribution in [3.8, 4) is 0 Å². The SMILES string of the molecule is CC(C)N(C(=O)c1ccccc1)C(C)CC(c1ccccc1)c1ccccc1C(=O)O. The Kier molecular flexibility index (Phi) is 7.24. The van der Waals surface area contributed by atoms with Crippen molar-refractivity contribution in [3.05, 3.63) is 107 Å². The molecule has 31 heavy (non-hydrogen) atoms. The molecule has 3 aromatic rings. The average Bonchev–Trinajstić information content (AvgIpc) is 2.78. The van der Waals surface area contributed by atoms with Crippen molar-refractivity contribution in [2.45, 2.75) is 45.2 Å². The molecule has 1 N–H and O–H groups in total. The highest BCUT2D eigenvalue weighted by molar-refractivity contribution is 5.94. The quantitative estimate of drug-likeness (QED) is 0.502. The Balaban J connectivity index is 1.99. The van der Waals surface area contributed by atoms with Crippen LogP contribution in [0.3, 0.4) is 0 Å². The minimum absolute atomic E-state index is 0.00819. The summed E-state index contributed by atoms with van der Waals surface area (Å²) in [6.45, 7) is 6.07. The van der Waals surface area contributed by atoms with E-state index in [9.17, 15) is 14.7 Å². The average molecular weight is 416 g/mol. The topological polar surface area (TPSA) is 57.6 Å². The van der Waals surface area contributed by atoms with Crippen molar-refractivity contribution in [2.24, 2.45) is 0 Å². The first-order chi connectivity index (χ1) is 14.9. The van der Waals surface area contributed by atoms with Gasteiger partial charge in [0.05, 0.1) is 5.56 Å². The Morgan fingerprint density at radius 2 is 1.35 bits per heavy atom. The summed E-state index contributed by atoms with van der Waals surface area (Å²) >= 11 is 0. The fraction of sp³-hybridized carbons (Fsp3) is 0.259. The van der Waals surface area contributed by atoms with E-state index in [0.29, 0.717) is 17.5 Å². The fourth-order valence-corrected chi connectivity index (χ4v) is 4.25. The van der Waals surface area contributed by atoms with E-state index in [4.69, 9.17) is 0 Å². The van der Waals surface area contributed by atoms with E-state index in [1.165, 1.54) is 0 Å². The normalized spacial score (nSPS) is 12.9. The highest BCUT2D eigenvalue weighted by Crippen LogP contribution is 2.33. The third kappa shape index (κ3) is 5.21. The monoisotopic (exact) mass is 415 g/mol. The molecule has 0 aliphatic rings. The van der Waals surface area contributed by atoms with Crippen LogP contribution >= 0.6 is 0 Å². The van der Waals surface area contributed by atoms with E-state index in [2.05, 4.69) is 0 Å². The zero-order valence-electron chi connectivity index (χ0n) is 18.2. The van der Waals surface area contributed by atoms with Gasteiger partial charge in [0, 0.05) is 23.6 Å². The first-order valence-electron chi connectivity index (χ1n) is 10.6. The van der Waals surface area contributed by atoms with Gasteiger partial charge in [-0.2, -0.15) is 0 Å². The Hall–Kier alpha value is -3.40. The lowest BCUT2D eigenvalue weighted by atomic mass is 9.83. The van der Waals surface area contributed by atoms with Crippen LogP contribution in [0.5, 0.6) is 0 Å². The van der Waals surface area contributed by atoms with Crippen LogP contribution in [0.15, 0.2) is 84.9 Å². The maximum absolute atomic E-state index is 13.3. The molecule has 0 aliphatic carbocycles. The number of nitrogens with zero attached hydrogens (tertiary/aromatic N) is 1. The molecule has 1 amide bonds. The van der Waals surface area contributed by atoms with Crippen LogP contribution < -0.4 is 0 Å². The number of aromatic carboxylic acids is 1. The summed E-state index contributed by atoms with van der Waals surface area (Å²) in [5.41, 5.74) is 2.77. The largest absolute Gasteiger partial charge is 0.478 e. The molecule has 0 radical (unpaired) electrons. The number of rotatable bonds is 8. The molecule has 0 saturated carbocycles. The first kappa shape index (κ1) is 22.3. The zero-order chi connectivity index (χ0) is 22.4. The molecular weight excluding hydrogens is 386 g/mol. The molecule has 0 fully saturated rings. The summed E-state index contributed by atoms with van der Waals surface area (Å²) in [5.74, 6) is -1.10. The summed E-state index contributed by atoms with van der Waals surface area (Å²) < 4.78 is 0. The molecule has 2 atom stereocenters. The van der Waals surface area contributed by atoms with Crippen LogP contribution in [0.1, 0.15) is 65.0 Å². The highest BCUT2D eigenvalue weighted by Gasteiger charge is 2.29. The molecule has 4 nitrogen and oxygen atoms in total. The standard InChI is InChI=1S/C27H29NO3/c1-19(2)28(26(29)22-14-8-5-9-15-22)20(3)18-25(21-12-6-4-7-13-21)23-16-10-11-17-24(23)27(30)31/h4-17,19-20,25H,18H2,1-3H3,(H,30,31). The van der Waals surface area contributed by atoms with E-state index < -0.39 is 5.97 Å². The van der Waals surface area contributed by atoms with Gasteiger partial charge < -0.3 is 10.0 Å². The second kappa shape index (κ2) is 10.1. The van der Waals surface area contributed by atoms with Crippen LogP contribution in [0.25, 0.3) is 0 Å². The third-order valence-corrected chi connectivity index (χ3v) is 5.63. The molecule has 0 heterocycles. The van der Waals surface area contributed by atoms with E-state index in [0.717, 1.165) is 11.1 Å². The number of amides is 1. The number of carboxylic acid groups (broad SMARTS) is 1. The number of hydrogen-bond donors (Lipinski definition) is 1. The smallest absolute Gasteiger partial charge is 0.335 e. The highest BCUT2D eigenvalue weighted by atomic mass is 16.4. The van der Waals surface area contributed by atoms with Gasteiger partial charge in [0.1, 0.15) is 0 Å². The van der Waals surface area contributed by atoms with Gasteiger partial charge in [-0.15, -0.1) is 0 Å². The summed E-state index contributed by atoms with van der Waals surface area (Å²) in [5, 5.41) is 9.77. The van der Waals surface area contributed by atoms with Gasteiger partial charge >= 0.3 is 5.97 Å².